The Kier molecular flexibility index (Phi) is 5.35. The van der Waals surface area contributed by atoms with Crippen molar-refractivity contribution in [2.75, 3.05) is 20.7 Å². The number of ether oxygens (including phenoxy) is 1. The van der Waals surface area contributed by atoms with Crippen molar-refractivity contribution in [2.24, 2.45) is 0 Å². The topological polar surface area (TPSA) is 29.5 Å². The summed E-state index contributed by atoms with van der Waals surface area (Å²) in [6, 6.07) is 6.48. The largest absolute Gasteiger partial charge is 0.466 e. The maximum Gasteiger partial charge on any atom is 0.307 e. The normalized spacial score (nSPS) is 12.6. The Bertz CT molecular complexity index is 393. The lowest BCUT2D eigenvalue weighted by molar-refractivity contribution is -0.144. The van der Waals surface area contributed by atoms with E-state index in [1.165, 1.54) is 16.7 Å². The average molecular weight is 249 g/mol. The second-order valence-corrected chi connectivity index (χ2v) is 4.91. The first-order valence-corrected chi connectivity index (χ1v) is 6.34. The summed E-state index contributed by atoms with van der Waals surface area (Å²) in [6.45, 7) is 6.42. The first kappa shape index (κ1) is 14.7. The predicted octanol–water partition coefficient (Wildman–Crippen LogP) is 2.86. The summed E-state index contributed by atoms with van der Waals surface area (Å²) in [5.41, 5.74) is 3.62. The van der Waals surface area contributed by atoms with Crippen LogP contribution in [0.5, 0.6) is 0 Å². The van der Waals surface area contributed by atoms with Gasteiger partial charge in [-0.1, -0.05) is 29.3 Å². The molecule has 100 valence electrons. The summed E-state index contributed by atoms with van der Waals surface area (Å²) in [6.07, 6.45) is 0.393. The van der Waals surface area contributed by atoms with Crippen LogP contribution in [0.1, 0.15) is 36.1 Å². The van der Waals surface area contributed by atoms with E-state index in [4.69, 9.17) is 4.74 Å². The van der Waals surface area contributed by atoms with Crippen molar-refractivity contribution in [3.8, 4) is 0 Å². The van der Waals surface area contributed by atoms with Gasteiger partial charge in [-0.3, -0.25) is 4.79 Å². The molecule has 0 bridgehead atoms. The third-order valence-electron chi connectivity index (χ3n) is 2.92. The highest BCUT2D eigenvalue weighted by atomic mass is 16.5. The van der Waals surface area contributed by atoms with Gasteiger partial charge in [-0.25, -0.2) is 0 Å². The lowest BCUT2D eigenvalue weighted by Crippen LogP contribution is -2.24. The van der Waals surface area contributed by atoms with Crippen molar-refractivity contribution >= 4 is 5.97 Å². The van der Waals surface area contributed by atoms with Crippen molar-refractivity contribution < 1.29 is 9.53 Å². The van der Waals surface area contributed by atoms with Gasteiger partial charge in [-0.2, -0.15) is 0 Å². The summed E-state index contributed by atoms with van der Waals surface area (Å²) in [4.78, 5) is 13.7. The van der Waals surface area contributed by atoms with Crippen LogP contribution in [-0.2, 0) is 9.53 Å². The minimum Gasteiger partial charge on any atom is -0.466 e. The molecule has 0 amide bonds. The molecule has 18 heavy (non-hydrogen) atoms. The van der Waals surface area contributed by atoms with Gasteiger partial charge >= 0.3 is 5.97 Å². The number of esters is 1. The molecule has 1 aromatic rings. The first-order chi connectivity index (χ1) is 8.43. The van der Waals surface area contributed by atoms with Crippen LogP contribution in [0.2, 0.25) is 0 Å². The molecule has 0 radical (unpaired) electrons. The molecule has 0 saturated heterocycles. The molecule has 0 spiro atoms. The van der Waals surface area contributed by atoms with E-state index in [0.29, 0.717) is 13.0 Å². The molecule has 1 rings (SSSR count). The molecule has 0 aliphatic carbocycles. The zero-order chi connectivity index (χ0) is 13.7. The highest BCUT2D eigenvalue weighted by Gasteiger charge is 2.19. The van der Waals surface area contributed by atoms with Crippen LogP contribution < -0.4 is 0 Å². The molecule has 1 unspecified atom stereocenters. The zero-order valence-electron chi connectivity index (χ0n) is 12.0. The van der Waals surface area contributed by atoms with Crippen LogP contribution >= 0.6 is 0 Å². The van der Waals surface area contributed by atoms with Crippen molar-refractivity contribution in [1.29, 1.82) is 0 Å². The van der Waals surface area contributed by atoms with Crippen LogP contribution in [-0.4, -0.2) is 31.6 Å². The second-order valence-electron chi connectivity index (χ2n) is 4.91. The van der Waals surface area contributed by atoms with Gasteiger partial charge in [0.1, 0.15) is 0 Å². The Hall–Kier alpha value is -1.35. The van der Waals surface area contributed by atoms with Gasteiger partial charge in [-0.15, -0.1) is 0 Å². The summed E-state index contributed by atoms with van der Waals surface area (Å²) >= 11 is 0. The Morgan fingerprint density at radius 1 is 1.22 bits per heavy atom. The van der Waals surface area contributed by atoms with E-state index in [9.17, 15) is 4.79 Å². The van der Waals surface area contributed by atoms with Crippen molar-refractivity contribution in [2.45, 2.75) is 33.2 Å². The minimum absolute atomic E-state index is 0.0719. The third kappa shape index (κ3) is 4.15. The molecule has 0 aliphatic rings. The van der Waals surface area contributed by atoms with E-state index in [2.05, 4.69) is 36.9 Å². The highest BCUT2D eigenvalue weighted by molar-refractivity contribution is 5.70. The fourth-order valence-electron chi connectivity index (χ4n) is 2.18. The van der Waals surface area contributed by atoms with Gasteiger partial charge in [0.2, 0.25) is 0 Å². The summed E-state index contributed by atoms with van der Waals surface area (Å²) < 4.78 is 5.04. The minimum atomic E-state index is -0.143. The fraction of sp³-hybridized carbons (Fsp3) is 0.533. The number of nitrogens with zero attached hydrogens (tertiary/aromatic N) is 1. The molecule has 3 nitrogen and oxygen atoms in total. The maximum atomic E-state index is 11.7. The van der Waals surface area contributed by atoms with Crippen molar-refractivity contribution in [1.82, 2.24) is 4.90 Å². The SMILES string of the molecule is CCOC(=O)CC(c1cc(C)cc(C)c1)N(C)C. The number of aryl methyl sites for hydroxylation is 2. The molecule has 0 aliphatic heterocycles. The van der Waals surface area contributed by atoms with Crippen LogP contribution in [0, 0.1) is 13.8 Å². The molecule has 0 aromatic heterocycles. The standard InChI is InChI=1S/C15H23NO2/c1-6-18-15(17)10-14(16(4)5)13-8-11(2)7-12(3)9-13/h7-9,14H,6,10H2,1-5H3. The fourth-order valence-corrected chi connectivity index (χ4v) is 2.18. The van der Waals surface area contributed by atoms with Gasteiger partial charge < -0.3 is 9.64 Å². The molecule has 1 atom stereocenters. The Labute approximate surface area is 110 Å². The van der Waals surface area contributed by atoms with E-state index in [1.807, 2.05) is 21.0 Å². The summed E-state index contributed by atoms with van der Waals surface area (Å²) in [5.74, 6) is -0.143. The summed E-state index contributed by atoms with van der Waals surface area (Å²) in [7, 11) is 3.98. The number of hydrogen-bond donors (Lipinski definition) is 0. The van der Waals surface area contributed by atoms with Crippen LogP contribution in [0.4, 0.5) is 0 Å². The number of hydrogen-bond acceptors (Lipinski definition) is 3. The van der Waals surface area contributed by atoms with Gasteiger partial charge in [0.05, 0.1) is 13.0 Å². The monoisotopic (exact) mass is 249 g/mol. The molecule has 3 heteroatoms. The Balaban J connectivity index is 2.93. The smallest absolute Gasteiger partial charge is 0.307 e. The second kappa shape index (κ2) is 6.55. The lowest BCUT2D eigenvalue weighted by Gasteiger charge is -2.24. The Morgan fingerprint density at radius 3 is 2.22 bits per heavy atom. The Morgan fingerprint density at radius 2 is 1.78 bits per heavy atom. The molecule has 0 N–H and O–H groups in total. The van der Waals surface area contributed by atoms with E-state index in [1.54, 1.807) is 0 Å². The van der Waals surface area contributed by atoms with Crippen LogP contribution in [0.25, 0.3) is 0 Å². The maximum absolute atomic E-state index is 11.7. The number of benzene rings is 1. The average Bonchev–Trinajstić information content (AvgIpc) is 2.24. The third-order valence-corrected chi connectivity index (χ3v) is 2.92. The lowest BCUT2D eigenvalue weighted by atomic mass is 9.98. The van der Waals surface area contributed by atoms with E-state index >= 15 is 0 Å². The van der Waals surface area contributed by atoms with E-state index in [-0.39, 0.29) is 12.0 Å². The van der Waals surface area contributed by atoms with Gasteiger partial charge in [0.25, 0.3) is 0 Å². The van der Waals surface area contributed by atoms with Crippen molar-refractivity contribution in [3.05, 3.63) is 34.9 Å². The molecule has 0 heterocycles. The molecular weight excluding hydrogens is 226 g/mol. The highest BCUT2D eigenvalue weighted by Crippen LogP contribution is 2.24. The first-order valence-electron chi connectivity index (χ1n) is 6.34. The van der Waals surface area contributed by atoms with Crippen molar-refractivity contribution in [3.63, 3.8) is 0 Å². The number of rotatable bonds is 5. The zero-order valence-corrected chi connectivity index (χ0v) is 12.0. The molecule has 0 fully saturated rings. The predicted molar refractivity (Wildman–Crippen MR) is 73.6 cm³/mol. The van der Waals surface area contributed by atoms with Crippen LogP contribution in [0.15, 0.2) is 18.2 Å². The summed E-state index contributed by atoms with van der Waals surface area (Å²) in [5, 5.41) is 0. The van der Waals surface area contributed by atoms with E-state index in [0.717, 1.165) is 0 Å². The molecule has 1 aromatic carbocycles. The van der Waals surface area contributed by atoms with Gasteiger partial charge in [-0.05, 0) is 40.4 Å². The molecular formula is C15H23NO2. The van der Waals surface area contributed by atoms with Gasteiger partial charge in [0, 0.05) is 6.04 Å². The van der Waals surface area contributed by atoms with Gasteiger partial charge in [0.15, 0.2) is 0 Å². The number of carbonyl (C=O) groups is 1. The van der Waals surface area contributed by atoms with E-state index < -0.39 is 0 Å². The number of carbonyl (C=O) groups excluding carboxylic acids is 1. The van der Waals surface area contributed by atoms with Crippen LogP contribution in [0.3, 0.4) is 0 Å². The molecule has 0 saturated carbocycles. The quantitative estimate of drug-likeness (QED) is 0.751.